The smallest absolute Gasteiger partial charge is 0.177 e. The first kappa shape index (κ1) is 14.4. The maximum absolute atomic E-state index is 5.43. The lowest BCUT2D eigenvalue weighted by Gasteiger charge is -2.10. The minimum atomic E-state index is 0.484. The number of ether oxygens (including phenoxy) is 2. The number of hydrogen-bond acceptors (Lipinski definition) is 3. The van der Waals surface area contributed by atoms with E-state index in [-0.39, 0.29) is 0 Å². The zero-order valence-corrected chi connectivity index (χ0v) is 11.7. The highest BCUT2D eigenvalue weighted by molar-refractivity contribution is 7.71. The van der Waals surface area contributed by atoms with E-state index in [9.17, 15) is 0 Å². The quantitative estimate of drug-likeness (QED) is 0.575. The number of aromatic amines is 1. The standard InChI is InChI=1S/C12H22N2O2S/c1-10(2)11-9-13-12(17)14(11)5-4-6-16-8-7-15-3/h9-10H,4-8H2,1-3H3,(H,13,17). The zero-order valence-electron chi connectivity index (χ0n) is 10.9. The number of hydrogen-bond donors (Lipinski definition) is 1. The molecule has 17 heavy (non-hydrogen) atoms. The van der Waals surface area contributed by atoms with Gasteiger partial charge in [-0.3, -0.25) is 0 Å². The normalized spacial score (nSPS) is 11.3. The van der Waals surface area contributed by atoms with Crippen LogP contribution in [0.5, 0.6) is 0 Å². The van der Waals surface area contributed by atoms with Gasteiger partial charge in [-0.1, -0.05) is 13.8 Å². The summed E-state index contributed by atoms with van der Waals surface area (Å²) in [6.07, 6.45) is 2.97. The lowest BCUT2D eigenvalue weighted by molar-refractivity contribution is 0.0679. The summed E-state index contributed by atoms with van der Waals surface area (Å²) in [6.45, 7) is 7.30. The first-order valence-electron chi connectivity index (χ1n) is 6.01. The summed E-state index contributed by atoms with van der Waals surface area (Å²) in [4.78, 5) is 3.10. The molecule has 1 rings (SSSR count). The van der Waals surface area contributed by atoms with Crippen LogP contribution in [0.15, 0.2) is 6.20 Å². The Kier molecular flexibility index (Phi) is 6.47. The second kappa shape index (κ2) is 7.63. The second-order valence-electron chi connectivity index (χ2n) is 4.28. The number of methoxy groups -OCH3 is 1. The van der Waals surface area contributed by atoms with E-state index < -0.39 is 0 Å². The first-order valence-corrected chi connectivity index (χ1v) is 6.42. The Morgan fingerprint density at radius 1 is 1.35 bits per heavy atom. The molecular formula is C12H22N2O2S. The van der Waals surface area contributed by atoms with Crippen molar-refractivity contribution >= 4 is 12.2 Å². The minimum Gasteiger partial charge on any atom is -0.382 e. The molecule has 0 fully saturated rings. The molecule has 1 aromatic heterocycles. The lowest BCUT2D eigenvalue weighted by Crippen LogP contribution is -2.09. The predicted octanol–water partition coefficient (Wildman–Crippen LogP) is 2.72. The van der Waals surface area contributed by atoms with E-state index >= 15 is 0 Å². The third-order valence-corrected chi connectivity index (χ3v) is 2.93. The molecule has 0 bridgehead atoms. The second-order valence-corrected chi connectivity index (χ2v) is 4.67. The van der Waals surface area contributed by atoms with E-state index in [0.29, 0.717) is 19.1 Å². The lowest BCUT2D eigenvalue weighted by atomic mass is 10.1. The fourth-order valence-electron chi connectivity index (χ4n) is 1.69. The van der Waals surface area contributed by atoms with Crippen molar-refractivity contribution in [1.29, 1.82) is 0 Å². The van der Waals surface area contributed by atoms with Crippen LogP contribution in [-0.4, -0.2) is 36.5 Å². The van der Waals surface area contributed by atoms with Crippen LogP contribution in [0.1, 0.15) is 31.9 Å². The van der Waals surface area contributed by atoms with Gasteiger partial charge in [0.15, 0.2) is 4.77 Å². The SMILES string of the molecule is COCCOCCCn1c(C(C)C)c[nH]c1=S. The Balaban J connectivity index is 2.36. The maximum Gasteiger partial charge on any atom is 0.177 e. The van der Waals surface area contributed by atoms with E-state index in [1.165, 1.54) is 5.69 Å². The summed E-state index contributed by atoms with van der Waals surface area (Å²) in [6, 6.07) is 0. The molecule has 5 heteroatoms. The van der Waals surface area contributed by atoms with Crippen LogP contribution >= 0.6 is 12.2 Å². The highest BCUT2D eigenvalue weighted by Crippen LogP contribution is 2.14. The van der Waals surface area contributed by atoms with Gasteiger partial charge in [0.2, 0.25) is 0 Å². The van der Waals surface area contributed by atoms with Gasteiger partial charge < -0.3 is 19.0 Å². The Labute approximate surface area is 108 Å². The maximum atomic E-state index is 5.43. The van der Waals surface area contributed by atoms with E-state index in [1.807, 2.05) is 6.20 Å². The van der Waals surface area contributed by atoms with Crippen molar-refractivity contribution in [3.8, 4) is 0 Å². The highest BCUT2D eigenvalue weighted by atomic mass is 32.1. The number of nitrogens with one attached hydrogen (secondary N) is 1. The van der Waals surface area contributed by atoms with Gasteiger partial charge in [0.25, 0.3) is 0 Å². The third-order valence-electron chi connectivity index (χ3n) is 2.59. The summed E-state index contributed by atoms with van der Waals surface area (Å²) in [5.41, 5.74) is 1.26. The van der Waals surface area contributed by atoms with Gasteiger partial charge in [0.05, 0.1) is 13.2 Å². The van der Waals surface area contributed by atoms with Crippen molar-refractivity contribution < 1.29 is 9.47 Å². The van der Waals surface area contributed by atoms with E-state index in [2.05, 4.69) is 23.4 Å². The molecule has 4 nitrogen and oxygen atoms in total. The summed E-state index contributed by atoms with van der Waals surface area (Å²) in [5, 5.41) is 0. The van der Waals surface area contributed by atoms with Crippen LogP contribution in [0.2, 0.25) is 0 Å². The van der Waals surface area contributed by atoms with Crippen molar-refractivity contribution in [2.24, 2.45) is 0 Å². The molecule has 98 valence electrons. The average molecular weight is 258 g/mol. The number of nitrogens with zero attached hydrogens (tertiary/aromatic N) is 1. The number of rotatable bonds is 8. The molecule has 0 aliphatic carbocycles. The Morgan fingerprint density at radius 2 is 2.12 bits per heavy atom. The fourth-order valence-corrected chi connectivity index (χ4v) is 1.94. The van der Waals surface area contributed by atoms with Gasteiger partial charge in [-0.15, -0.1) is 0 Å². The summed E-state index contributed by atoms with van der Waals surface area (Å²) >= 11 is 5.26. The molecule has 0 amide bonds. The van der Waals surface area contributed by atoms with Crippen LogP contribution in [0.4, 0.5) is 0 Å². The number of H-pyrrole nitrogens is 1. The fraction of sp³-hybridized carbons (Fsp3) is 0.750. The molecule has 0 unspecified atom stereocenters. The molecule has 0 aliphatic heterocycles. The van der Waals surface area contributed by atoms with Crippen molar-refractivity contribution in [2.75, 3.05) is 26.9 Å². The van der Waals surface area contributed by atoms with Crippen LogP contribution in [0.3, 0.4) is 0 Å². The molecule has 0 radical (unpaired) electrons. The van der Waals surface area contributed by atoms with Gasteiger partial charge in [-0.05, 0) is 24.6 Å². The molecule has 0 saturated heterocycles. The third kappa shape index (κ3) is 4.61. The van der Waals surface area contributed by atoms with Gasteiger partial charge in [-0.25, -0.2) is 0 Å². The van der Waals surface area contributed by atoms with Gasteiger partial charge in [-0.2, -0.15) is 0 Å². The Morgan fingerprint density at radius 3 is 2.76 bits per heavy atom. The first-order chi connectivity index (χ1) is 8.16. The molecule has 0 aliphatic rings. The number of imidazole rings is 1. The molecule has 0 aromatic carbocycles. The predicted molar refractivity (Wildman–Crippen MR) is 71.0 cm³/mol. The summed E-state index contributed by atoms with van der Waals surface area (Å²) in [7, 11) is 1.68. The Bertz CT molecular complexity index is 371. The van der Waals surface area contributed by atoms with E-state index in [4.69, 9.17) is 21.7 Å². The van der Waals surface area contributed by atoms with Crippen LogP contribution in [0.25, 0.3) is 0 Å². The largest absolute Gasteiger partial charge is 0.382 e. The highest BCUT2D eigenvalue weighted by Gasteiger charge is 2.07. The van der Waals surface area contributed by atoms with Gasteiger partial charge in [0, 0.05) is 32.2 Å². The van der Waals surface area contributed by atoms with E-state index in [0.717, 1.165) is 24.3 Å². The van der Waals surface area contributed by atoms with Crippen molar-refractivity contribution in [1.82, 2.24) is 9.55 Å². The molecule has 1 aromatic rings. The molecule has 1 N–H and O–H groups in total. The zero-order chi connectivity index (χ0) is 12.7. The van der Waals surface area contributed by atoms with Crippen molar-refractivity contribution in [2.45, 2.75) is 32.7 Å². The molecule has 1 heterocycles. The molecular weight excluding hydrogens is 236 g/mol. The van der Waals surface area contributed by atoms with Crippen molar-refractivity contribution in [3.63, 3.8) is 0 Å². The van der Waals surface area contributed by atoms with Gasteiger partial charge in [0.1, 0.15) is 0 Å². The van der Waals surface area contributed by atoms with Gasteiger partial charge >= 0.3 is 0 Å². The summed E-state index contributed by atoms with van der Waals surface area (Å²) in [5.74, 6) is 0.484. The van der Waals surface area contributed by atoms with E-state index in [1.54, 1.807) is 7.11 Å². The minimum absolute atomic E-state index is 0.484. The van der Waals surface area contributed by atoms with Crippen LogP contribution < -0.4 is 0 Å². The number of aromatic nitrogens is 2. The summed E-state index contributed by atoms with van der Waals surface area (Å²) < 4.78 is 13.3. The molecule has 0 spiro atoms. The van der Waals surface area contributed by atoms with Crippen LogP contribution in [-0.2, 0) is 16.0 Å². The molecule has 0 saturated carbocycles. The van der Waals surface area contributed by atoms with Crippen molar-refractivity contribution in [3.05, 3.63) is 16.7 Å². The topological polar surface area (TPSA) is 39.2 Å². The van der Waals surface area contributed by atoms with Crippen LogP contribution in [0, 0.1) is 4.77 Å². The monoisotopic (exact) mass is 258 g/mol. The average Bonchev–Trinajstić information content (AvgIpc) is 2.65. The Hall–Kier alpha value is -0.650. The molecule has 0 atom stereocenters.